The lowest BCUT2D eigenvalue weighted by atomic mass is 9.92. The van der Waals surface area contributed by atoms with Crippen molar-refractivity contribution in [1.82, 2.24) is 9.55 Å². The van der Waals surface area contributed by atoms with E-state index in [2.05, 4.69) is 37.2 Å². The molecule has 0 spiro atoms. The van der Waals surface area contributed by atoms with Gasteiger partial charge in [0.05, 0.1) is 5.39 Å². The molecule has 1 fully saturated rings. The summed E-state index contributed by atoms with van der Waals surface area (Å²) >= 11 is 0. The van der Waals surface area contributed by atoms with Gasteiger partial charge in [-0.15, -0.1) is 0 Å². The SMILES string of the molecule is CC(C)c1c(C(C)C)n(C(C)C)c2nc(N3CCC(N)C3)c(F)cc2c1=O. The third kappa shape index (κ3) is 3.35. The van der Waals surface area contributed by atoms with Gasteiger partial charge in [0.1, 0.15) is 5.65 Å². The molecular formula is C21H31FN4O. The molecule has 148 valence electrons. The van der Waals surface area contributed by atoms with Gasteiger partial charge in [-0.05, 0) is 38.2 Å². The Morgan fingerprint density at radius 3 is 2.33 bits per heavy atom. The van der Waals surface area contributed by atoms with E-state index in [1.165, 1.54) is 6.07 Å². The van der Waals surface area contributed by atoms with E-state index in [0.29, 0.717) is 29.9 Å². The monoisotopic (exact) mass is 374 g/mol. The third-order valence-electron chi connectivity index (χ3n) is 5.36. The Bertz CT molecular complexity index is 917. The van der Waals surface area contributed by atoms with Crippen molar-refractivity contribution >= 4 is 16.9 Å². The van der Waals surface area contributed by atoms with Crippen molar-refractivity contribution in [2.45, 2.75) is 71.9 Å². The van der Waals surface area contributed by atoms with Gasteiger partial charge in [-0.25, -0.2) is 9.37 Å². The Hall–Kier alpha value is -1.95. The summed E-state index contributed by atoms with van der Waals surface area (Å²) < 4.78 is 17.0. The molecule has 2 N–H and O–H groups in total. The molecule has 2 aromatic heterocycles. The number of anilines is 1. The van der Waals surface area contributed by atoms with Crippen LogP contribution in [0.2, 0.25) is 0 Å². The van der Waals surface area contributed by atoms with Gasteiger partial charge >= 0.3 is 0 Å². The molecule has 6 heteroatoms. The molecule has 1 atom stereocenters. The molecule has 1 aliphatic rings. The maximum Gasteiger partial charge on any atom is 0.194 e. The minimum absolute atomic E-state index is 0.0312. The van der Waals surface area contributed by atoms with E-state index in [4.69, 9.17) is 5.73 Å². The van der Waals surface area contributed by atoms with Gasteiger partial charge in [-0.3, -0.25) is 4.79 Å². The number of fused-ring (bicyclic) bond motifs is 1. The van der Waals surface area contributed by atoms with Crippen LogP contribution < -0.4 is 16.1 Å². The van der Waals surface area contributed by atoms with Crippen molar-refractivity contribution in [3.8, 4) is 0 Å². The number of nitrogens with zero attached hydrogens (tertiary/aromatic N) is 3. The second kappa shape index (κ2) is 7.23. The van der Waals surface area contributed by atoms with Gasteiger partial charge < -0.3 is 15.2 Å². The summed E-state index contributed by atoms with van der Waals surface area (Å²) in [6.07, 6.45) is 0.819. The third-order valence-corrected chi connectivity index (χ3v) is 5.36. The fraction of sp³-hybridized carbons (Fsp3) is 0.619. The smallest absolute Gasteiger partial charge is 0.194 e. The Labute approximate surface area is 160 Å². The first kappa shape index (κ1) is 19.8. The molecule has 1 unspecified atom stereocenters. The summed E-state index contributed by atoms with van der Waals surface area (Å²) in [7, 11) is 0. The fourth-order valence-electron chi connectivity index (χ4n) is 4.20. The summed E-state index contributed by atoms with van der Waals surface area (Å²) in [5, 5.41) is 0.363. The quantitative estimate of drug-likeness (QED) is 0.881. The largest absolute Gasteiger partial charge is 0.353 e. The standard InChI is InChI=1S/C21H31FN4O/c1-11(2)17-18(12(3)4)26(13(5)6)20-15(19(17)27)9-16(22)21(24-20)25-8-7-14(23)10-25/h9,11-14H,7-8,10,23H2,1-6H3. The number of nitrogens with two attached hydrogens (primary N) is 1. The highest BCUT2D eigenvalue weighted by Crippen LogP contribution is 2.32. The lowest BCUT2D eigenvalue weighted by Gasteiger charge is -2.27. The zero-order valence-corrected chi connectivity index (χ0v) is 17.2. The molecule has 0 bridgehead atoms. The Balaban J connectivity index is 2.40. The van der Waals surface area contributed by atoms with E-state index in [1.54, 1.807) is 0 Å². The first-order valence-electron chi connectivity index (χ1n) is 9.92. The van der Waals surface area contributed by atoms with Gasteiger partial charge in [0.25, 0.3) is 0 Å². The lowest BCUT2D eigenvalue weighted by molar-refractivity contribution is 0.551. The molecule has 3 rings (SSSR count). The molecule has 0 amide bonds. The number of hydrogen-bond donors (Lipinski definition) is 1. The van der Waals surface area contributed by atoms with Crippen LogP contribution in [0.25, 0.3) is 11.0 Å². The van der Waals surface area contributed by atoms with Gasteiger partial charge in [0, 0.05) is 36.4 Å². The average Bonchev–Trinajstić information content (AvgIpc) is 2.99. The van der Waals surface area contributed by atoms with Crippen LogP contribution in [0.1, 0.15) is 77.1 Å². The van der Waals surface area contributed by atoms with Crippen molar-refractivity contribution in [3.05, 3.63) is 33.4 Å². The Morgan fingerprint density at radius 2 is 1.85 bits per heavy atom. The summed E-state index contributed by atoms with van der Waals surface area (Å²) in [5.41, 5.74) is 8.23. The average molecular weight is 375 g/mol. The van der Waals surface area contributed by atoms with E-state index in [-0.39, 0.29) is 29.3 Å². The van der Waals surface area contributed by atoms with Crippen molar-refractivity contribution < 1.29 is 4.39 Å². The van der Waals surface area contributed by atoms with Gasteiger partial charge in [0.15, 0.2) is 17.1 Å². The Kier molecular flexibility index (Phi) is 5.30. The van der Waals surface area contributed by atoms with Gasteiger partial charge in [-0.2, -0.15) is 0 Å². The van der Waals surface area contributed by atoms with Gasteiger partial charge in [-0.1, -0.05) is 27.7 Å². The van der Waals surface area contributed by atoms with Crippen LogP contribution in [0.5, 0.6) is 0 Å². The zero-order valence-electron chi connectivity index (χ0n) is 17.2. The van der Waals surface area contributed by atoms with Crippen molar-refractivity contribution in [3.63, 3.8) is 0 Å². The molecule has 0 radical (unpaired) electrons. The minimum atomic E-state index is -0.448. The second-order valence-corrected chi connectivity index (χ2v) is 8.56. The van der Waals surface area contributed by atoms with Crippen molar-refractivity contribution in [2.75, 3.05) is 18.0 Å². The van der Waals surface area contributed by atoms with Crippen LogP contribution in [-0.4, -0.2) is 28.7 Å². The van der Waals surface area contributed by atoms with Crippen LogP contribution in [0.4, 0.5) is 10.2 Å². The summed E-state index contributed by atoms with van der Waals surface area (Å²) in [6, 6.07) is 1.51. The van der Waals surface area contributed by atoms with Crippen LogP contribution >= 0.6 is 0 Å². The summed E-state index contributed by atoms with van der Waals surface area (Å²) in [5.74, 6) is 0.0771. The molecule has 5 nitrogen and oxygen atoms in total. The highest BCUT2D eigenvalue weighted by atomic mass is 19.1. The highest BCUT2D eigenvalue weighted by Gasteiger charge is 2.27. The normalized spacial score (nSPS) is 17.9. The molecule has 3 heterocycles. The van der Waals surface area contributed by atoms with E-state index >= 15 is 0 Å². The predicted octanol–water partition coefficient (Wildman–Crippen LogP) is 3.90. The van der Waals surface area contributed by atoms with Crippen molar-refractivity contribution in [1.29, 1.82) is 0 Å². The first-order valence-corrected chi connectivity index (χ1v) is 9.92. The minimum Gasteiger partial charge on any atom is -0.353 e. The maximum absolute atomic E-state index is 14.9. The number of rotatable bonds is 4. The zero-order chi connectivity index (χ0) is 20.0. The maximum atomic E-state index is 14.9. The van der Waals surface area contributed by atoms with Crippen molar-refractivity contribution in [2.24, 2.45) is 5.73 Å². The topological polar surface area (TPSA) is 64.2 Å². The number of aromatic nitrogens is 2. The number of hydrogen-bond acceptors (Lipinski definition) is 4. The molecule has 27 heavy (non-hydrogen) atoms. The fourth-order valence-corrected chi connectivity index (χ4v) is 4.20. The molecule has 1 saturated heterocycles. The molecule has 0 aromatic carbocycles. The highest BCUT2D eigenvalue weighted by molar-refractivity contribution is 5.79. The molecular weight excluding hydrogens is 343 g/mol. The van der Waals surface area contributed by atoms with Crippen LogP contribution in [0.3, 0.4) is 0 Å². The molecule has 0 saturated carbocycles. The molecule has 2 aromatic rings. The number of halogens is 1. The Morgan fingerprint density at radius 1 is 1.19 bits per heavy atom. The lowest BCUT2D eigenvalue weighted by Crippen LogP contribution is -2.29. The second-order valence-electron chi connectivity index (χ2n) is 8.56. The first-order chi connectivity index (χ1) is 12.6. The number of pyridine rings is 2. The van der Waals surface area contributed by atoms with Crippen LogP contribution in [-0.2, 0) is 0 Å². The van der Waals surface area contributed by atoms with E-state index in [9.17, 15) is 9.18 Å². The van der Waals surface area contributed by atoms with Gasteiger partial charge in [0.2, 0.25) is 0 Å². The molecule has 1 aliphatic heterocycles. The van der Waals surface area contributed by atoms with E-state index < -0.39 is 5.82 Å². The van der Waals surface area contributed by atoms with Crippen LogP contribution in [0.15, 0.2) is 10.9 Å². The van der Waals surface area contributed by atoms with E-state index in [1.807, 2.05) is 18.7 Å². The summed E-state index contributed by atoms with van der Waals surface area (Å²) in [6.45, 7) is 13.6. The summed E-state index contributed by atoms with van der Waals surface area (Å²) in [4.78, 5) is 19.8. The predicted molar refractivity (Wildman–Crippen MR) is 109 cm³/mol. The molecule has 0 aliphatic carbocycles. The van der Waals surface area contributed by atoms with E-state index in [0.717, 1.165) is 17.7 Å². The van der Waals surface area contributed by atoms with Crippen LogP contribution in [0, 0.1) is 5.82 Å².